The molecule has 2 aliphatic rings. The van der Waals surface area contributed by atoms with E-state index >= 15 is 0 Å². The van der Waals surface area contributed by atoms with Gasteiger partial charge in [-0.3, -0.25) is 14.4 Å². The van der Waals surface area contributed by atoms with Gasteiger partial charge in [-0.1, -0.05) is 18.9 Å². The summed E-state index contributed by atoms with van der Waals surface area (Å²) < 4.78 is 10.3. The molecule has 4 rings (SSSR count). The van der Waals surface area contributed by atoms with Crippen LogP contribution in [-0.4, -0.2) is 60.5 Å². The van der Waals surface area contributed by atoms with Crippen molar-refractivity contribution in [3.05, 3.63) is 30.0 Å². The largest absolute Gasteiger partial charge is 0.496 e. The first-order chi connectivity index (χ1) is 17.1. The van der Waals surface area contributed by atoms with Crippen molar-refractivity contribution >= 4 is 34.6 Å². The summed E-state index contributed by atoms with van der Waals surface area (Å²) in [6.07, 6.45) is 3.11. The van der Waals surface area contributed by atoms with E-state index in [1.54, 1.807) is 19.2 Å². The van der Waals surface area contributed by atoms with Gasteiger partial charge >= 0.3 is 5.97 Å². The van der Waals surface area contributed by atoms with Crippen LogP contribution in [0.25, 0.3) is 10.9 Å². The second-order valence-corrected chi connectivity index (χ2v) is 10.4. The van der Waals surface area contributed by atoms with Crippen LogP contribution in [0.5, 0.6) is 5.75 Å². The number of ether oxygens (including phenoxy) is 2. The Balaban J connectivity index is 1.48. The summed E-state index contributed by atoms with van der Waals surface area (Å²) in [6, 6.07) is 5.32. The molecule has 1 aliphatic heterocycles. The number of carbonyl (C=O) groups excluding carboxylic acids is 4. The number of nitrogens with one attached hydrogen (secondary N) is 4. The fraction of sp³-hybridized carbons (Fsp3) is 0.538. The van der Waals surface area contributed by atoms with E-state index < -0.39 is 35.8 Å². The van der Waals surface area contributed by atoms with Gasteiger partial charge in [0.05, 0.1) is 14.2 Å². The van der Waals surface area contributed by atoms with Crippen LogP contribution in [-0.2, 0) is 19.1 Å². The van der Waals surface area contributed by atoms with Crippen molar-refractivity contribution in [3.63, 3.8) is 0 Å². The van der Waals surface area contributed by atoms with Crippen molar-refractivity contribution in [1.29, 1.82) is 0 Å². The smallest absolute Gasteiger partial charge is 0.328 e. The Morgan fingerprint density at radius 1 is 1.11 bits per heavy atom. The molecule has 0 spiro atoms. The van der Waals surface area contributed by atoms with Gasteiger partial charge in [0.15, 0.2) is 0 Å². The van der Waals surface area contributed by atoms with Gasteiger partial charge in [-0.25, -0.2) is 4.79 Å². The van der Waals surface area contributed by atoms with Crippen LogP contribution in [0.3, 0.4) is 0 Å². The van der Waals surface area contributed by atoms with Crippen LogP contribution >= 0.6 is 0 Å². The predicted octanol–water partition coefficient (Wildman–Crippen LogP) is 2.04. The molecule has 3 atom stereocenters. The Bertz CT molecular complexity index is 1170. The number of rotatable bonds is 10. The number of benzene rings is 1. The maximum atomic E-state index is 13.3. The van der Waals surface area contributed by atoms with Crippen LogP contribution in [0, 0.1) is 11.8 Å². The third-order valence-corrected chi connectivity index (χ3v) is 6.89. The zero-order valence-corrected chi connectivity index (χ0v) is 21.1. The van der Waals surface area contributed by atoms with E-state index in [9.17, 15) is 19.2 Å². The molecule has 1 aromatic heterocycles. The molecule has 1 aliphatic carbocycles. The fourth-order valence-electron chi connectivity index (χ4n) is 4.88. The molecule has 1 saturated carbocycles. The Kier molecular flexibility index (Phi) is 7.23. The lowest BCUT2D eigenvalue weighted by Crippen LogP contribution is -2.52. The molecule has 4 N–H and O–H groups in total. The summed E-state index contributed by atoms with van der Waals surface area (Å²) in [6.45, 7) is 3.83. The molecule has 1 aromatic carbocycles. The molecular formula is C26H34N4O6. The molecule has 10 nitrogen and oxygen atoms in total. The van der Waals surface area contributed by atoms with Crippen molar-refractivity contribution < 1.29 is 28.7 Å². The molecule has 1 saturated heterocycles. The minimum Gasteiger partial charge on any atom is -0.496 e. The normalized spacial score (nSPS) is 20.3. The van der Waals surface area contributed by atoms with E-state index in [0.717, 1.165) is 23.7 Å². The zero-order valence-electron chi connectivity index (χ0n) is 21.1. The number of aromatic amines is 1. The predicted molar refractivity (Wildman–Crippen MR) is 132 cm³/mol. The van der Waals surface area contributed by atoms with E-state index in [-0.39, 0.29) is 17.9 Å². The van der Waals surface area contributed by atoms with Crippen molar-refractivity contribution in [1.82, 2.24) is 20.9 Å². The van der Waals surface area contributed by atoms with E-state index in [1.807, 2.05) is 26.0 Å². The van der Waals surface area contributed by atoms with Crippen molar-refractivity contribution in [3.8, 4) is 5.75 Å². The summed E-state index contributed by atoms with van der Waals surface area (Å²) in [4.78, 5) is 54.3. The second-order valence-electron chi connectivity index (χ2n) is 10.4. The fourth-order valence-corrected chi connectivity index (χ4v) is 4.88. The van der Waals surface area contributed by atoms with E-state index in [4.69, 9.17) is 9.47 Å². The van der Waals surface area contributed by atoms with Gasteiger partial charge in [0, 0.05) is 22.4 Å². The van der Waals surface area contributed by atoms with Crippen LogP contribution in [0.4, 0.5) is 0 Å². The first-order valence-corrected chi connectivity index (χ1v) is 12.3. The second kappa shape index (κ2) is 10.2. The quantitative estimate of drug-likeness (QED) is 0.370. The summed E-state index contributed by atoms with van der Waals surface area (Å²) >= 11 is 0. The minimum absolute atomic E-state index is 0.125. The molecule has 2 heterocycles. The highest BCUT2D eigenvalue weighted by Crippen LogP contribution is 2.34. The van der Waals surface area contributed by atoms with Crippen molar-refractivity contribution in [2.45, 2.75) is 63.6 Å². The molecule has 0 bridgehead atoms. The molecule has 10 heteroatoms. The van der Waals surface area contributed by atoms with Gasteiger partial charge in [0.1, 0.15) is 23.5 Å². The Hall–Kier alpha value is -3.56. The van der Waals surface area contributed by atoms with Crippen LogP contribution in [0.2, 0.25) is 0 Å². The standard InChI is InChI=1S/C26H34N4O6/c1-26(2)13-15(22(31)30-26)11-20(25(34)36-4)29-23(32)18(10-14-8-9-14)28-24(33)19-12-16-17(27-19)6-5-7-21(16)35-3/h5-7,12,14-15,18,20,27H,8-11,13H2,1-4H3,(H,28,33)(H,29,32)(H,30,31)/t15-,18+,20+/m1/s1. The molecule has 0 radical (unpaired) electrons. The van der Waals surface area contributed by atoms with E-state index in [0.29, 0.717) is 30.2 Å². The number of hydrogen-bond acceptors (Lipinski definition) is 6. The number of esters is 1. The zero-order chi connectivity index (χ0) is 26.0. The average molecular weight is 499 g/mol. The number of hydrogen-bond donors (Lipinski definition) is 4. The van der Waals surface area contributed by atoms with E-state index in [1.165, 1.54) is 7.11 Å². The maximum Gasteiger partial charge on any atom is 0.328 e. The molecule has 2 aromatic rings. The lowest BCUT2D eigenvalue weighted by molar-refractivity contribution is -0.146. The summed E-state index contributed by atoms with van der Waals surface area (Å²) in [5.74, 6) is -1.14. The Morgan fingerprint density at radius 3 is 2.47 bits per heavy atom. The van der Waals surface area contributed by atoms with Gasteiger partial charge in [0.2, 0.25) is 11.8 Å². The van der Waals surface area contributed by atoms with E-state index in [2.05, 4.69) is 20.9 Å². The number of amides is 3. The Morgan fingerprint density at radius 2 is 1.86 bits per heavy atom. The highest BCUT2D eigenvalue weighted by atomic mass is 16.5. The lowest BCUT2D eigenvalue weighted by atomic mass is 9.91. The van der Waals surface area contributed by atoms with Crippen LogP contribution < -0.4 is 20.7 Å². The lowest BCUT2D eigenvalue weighted by Gasteiger charge is -2.23. The Labute approximate surface area is 209 Å². The van der Waals surface area contributed by atoms with Gasteiger partial charge in [-0.05, 0) is 57.2 Å². The van der Waals surface area contributed by atoms with Gasteiger partial charge < -0.3 is 30.4 Å². The number of aromatic nitrogens is 1. The van der Waals surface area contributed by atoms with Gasteiger partial charge in [-0.2, -0.15) is 0 Å². The summed E-state index contributed by atoms with van der Waals surface area (Å²) in [5.41, 5.74) is 0.667. The van der Waals surface area contributed by atoms with Gasteiger partial charge in [-0.15, -0.1) is 0 Å². The summed E-state index contributed by atoms with van der Waals surface area (Å²) in [5, 5.41) is 9.23. The monoisotopic (exact) mass is 498 g/mol. The topological polar surface area (TPSA) is 139 Å². The van der Waals surface area contributed by atoms with Crippen molar-refractivity contribution in [2.75, 3.05) is 14.2 Å². The third kappa shape index (κ3) is 5.80. The molecule has 194 valence electrons. The molecule has 0 unspecified atom stereocenters. The number of carbonyl (C=O) groups is 4. The summed E-state index contributed by atoms with van der Waals surface area (Å²) in [7, 11) is 2.80. The van der Waals surface area contributed by atoms with Crippen LogP contribution in [0.15, 0.2) is 24.3 Å². The number of H-pyrrole nitrogens is 1. The molecule has 36 heavy (non-hydrogen) atoms. The number of fused-ring (bicyclic) bond motifs is 1. The van der Waals surface area contributed by atoms with Crippen molar-refractivity contribution in [2.24, 2.45) is 11.8 Å². The highest BCUT2D eigenvalue weighted by molar-refractivity contribution is 6.01. The maximum absolute atomic E-state index is 13.3. The number of methoxy groups -OCH3 is 2. The minimum atomic E-state index is -0.997. The molecule has 3 amide bonds. The molecule has 2 fully saturated rings. The van der Waals surface area contributed by atoms with Gasteiger partial charge in [0.25, 0.3) is 5.91 Å². The highest BCUT2D eigenvalue weighted by Gasteiger charge is 2.41. The third-order valence-electron chi connectivity index (χ3n) is 6.89. The SMILES string of the molecule is COC(=O)[C@H](C[C@@H]1CC(C)(C)NC1=O)NC(=O)[C@H](CC1CC1)NC(=O)c1cc2c(OC)cccc2[nH]1. The first kappa shape index (κ1) is 25.5. The average Bonchev–Trinajstić information content (AvgIpc) is 3.47. The van der Waals surface area contributed by atoms with Crippen LogP contribution in [0.1, 0.15) is 56.4 Å². The molecular weight excluding hydrogens is 464 g/mol. The first-order valence-electron chi connectivity index (χ1n) is 12.3.